The van der Waals surface area contributed by atoms with Crippen molar-refractivity contribution < 1.29 is 9.53 Å². The van der Waals surface area contributed by atoms with Gasteiger partial charge in [0.25, 0.3) is 0 Å². The molecule has 3 nitrogen and oxygen atoms in total. The van der Waals surface area contributed by atoms with Crippen LogP contribution < -0.4 is 5.32 Å². The molecule has 1 saturated heterocycles. The Balaban J connectivity index is 1.85. The highest BCUT2D eigenvalue weighted by atomic mass is 16.6. The normalized spacial score (nSPS) is 49.8. The van der Waals surface area contributed by atoms with E-state index in [1.807, 2.05) is 0 Å². The third-order valence-electron chi connectivity index (χ3n) is 3.73. The number of rotatable bonds is 0. The van der Waals surface area contributed by atoms with Crippen molar-refractivity contribution in [1.29, 1.82) is 0 Å². The summed E-state index contributed by atoms with van der Waals surface area (Å²) >= 11 is 0. The zero-order valence-electron chi connectivity index (χ0n) is 6.95. The molecule has 2 saturated carbocycles. The lowest BCUT2D eigenvalue weighted by atomic mass is 9.85. The lowest BCUT2D eigenvalue weighted by Gasteiger charge is -2.34. The van der Waals surface area contributed by atoms with E-state index in [0.717, 1.165) is 12.5 Å². The molecule has 0 aromatic rings. The number of ether oxygens (including phenoxy) is 1. The molecule has 3 fully saturated rings. The van der Waals surface area contributed by atoms with E-state index in [9.17, 15) is 4.79 Å². The Morgan fingerprint density at radius 3 is 3.08 bits per heavy atom. The van der Waals surface area contributed by atoms with Crippen LogP contribution >= 0.6 is 0 Å². The number of fused-ring (bicyclic) bond motifs is 5. The number of carbonyl (C=O) groups is 1. The van der Waals surface area contributed by atoms with E-state index in [4.69, 9.17) is 4.74 Å². The Morgan fingerprint density at radius 1 is 1.33 bits per heavy atom. The number of amides is 1. The molecular formula is C9H13NO2. The molecule has 12 heavy (non-hydrogen) atoms. The molecule has 1 amide bonds. The minimum atomic E-state index is -0.205. The summed E-state index contributed by atoms with van der Waals surface area (Å²) in [6.45, 7) is 0.852. The Labute approximate surface area is 71.5 Å². The molecule has 3 aliphatic rings. The summed E-state index contributed by atoms with van der Waals surface area (Å²) in [6.07, 6.45) is 3.98. The van der Waals surface area contributed by atoms with E-state index in [2.05, 4.69) is 5.32 Å². The number of carbonyl (C=O) groups excluding carboxylic acids is 1. The summed E-state index contributed by atoms with van der Waals surface area (Å²) in [7, 11) is 0. The molecule has 1 heterocycles. The summed E-state index contributed by atoms with van der Waals surface area (Å²) in [5.41, 5.74) is 0. The zero-order valence-corrected chi connectivity index (χ0v) is 6.95. The minimum absolute atomic E-state index is 0.205. The van der Waals surface area contributed by atoms with Gasteiger partial charge in [0.15, 0.2) is 0 Å². The van der Waals surface area contributed by atoms with Crippen LogP contribution in [0.2, 0.25) is 0 Å². The Hall–Kier alpha value is -0.730. The van der Waals surface area contributed by atoms with Crippen LogP contribution in [0.4, 0.5) is 4.79 Å². The second-order valence-corrected chi connectivity index (χ2v) is 4.25. The van der Waals surface area contributed by atoms with E-state index in [1.165, 1.54) is 19.3 Å². The van der Waals surface area contributed by atoms with Crippen molar-refractivity contribution in [3.63, 3.8) is 0 Å². The van der Waals surface area contributed by atoms with Crippen LogP contribution in [0.1, 0.15) is 19.3 Å². The van der Waals surface area contributed by atoms with Gasteiger partial charge in [-0.05, 0) is 31.1 Å². The van der Waals surface area contributed by atoms with Gasteiger partial charge in [0.1, 0.15) is 6.10 Å². The zero-order chi connectivity index (χ0) is 8.13. The van der Waals surface area contributed by atoms with E-state index < -0.39 is 0 Å². The Bertz CT molecular complexity index is 229. The van der Waals surface area contributed by atoms with Crippen molar-refractivity contribution in [2.24, 2.45) is 17.8 Å². The fourth-order valence-corrected chi connectivity index (χ4v) is 3.19. The molecule has 1 N–H and O–H groups in total. The summed E-state index contributed by atoms with van der Waals surface area (Å²) < 4.78 is 5.29. The van der Waals surface area contributed by atoms with Crippen LogP contribution in [0, 0.1) is 17.8 Å². The fourth-order valence-electron chi connectivity index (χ4n) is 3.19. The number of hydrogen-bond donors (Lipinski definition) is 1. The van der Waals surface area contributed by atoms with E-state index in [1.54, 1.807) is 0 Å². The van der Waals surface area contributed by atoms with E-state index >= 15 is 0 Å². The van der Waals surface area contributed by atoms with Crippen molar-refractivity contribution in [3.8, 4) is 0 Å². The first-order valence-electron chi connectivity index (χ1n) is 4.79. The average molecular weight is 167 g/mol. The van der Waals surface area contributed by atoms with Crippen molar-refractivity contribution in [3.05, 3.63) is 0 Å². The number of nitrogens with one attached hydrogen (secondary N) is 1. The van der Waals surface area contributed by atoms with Crippen LogP contribution in [-0.4, -0.2) is 18.7 Å². The lowest BCUT2D eigenvalue weighted by Crippen LogP contribution is -2.47. The van der Waals surface area contributed by atoms with Crippen LogP contribution in [0.5, 0.6) is 0 Å². The van der Waals surface area contributed by atoms with Crippen molar-refractivity contribution >= 4 is 6.09 Å². The lowest BCUT2D eigenvalue weighted by molar-refractivity contribution is 0.00704. The van der Waals surface area contributed by atoms with Gasteiger partial charge in [-0.15, -0.1) is 0 Å². The number of hydrogen-bond acceptors (Lipinski definition) is 2. The quantitative estimate of drug-likeness (QED) is 0.587. The SMILES string of the molecule is O=C1NC[C@@H]2[C@H]3CC[C@H](C3)[C@@H]2O1. The monoisotopic (exact) mass is 167 g/mol. The standard InChI is InChI=1S/C9H13NO2/c11-9-10-4-7-5-1-2-6(3-5)8(7)12-9/h5-8H,1-4H2,(H,10,11)/t5-,6+,7+,8-/m0/s1. The third-order valence-corrected chi connectivity index (χ3v) is 3.73. The molecule has 0 spiro atoms. The Morgan fingerprint density at radius 2 is 2.17 bits per heavy atom. The highest BCUT2D eigenvalue weighted by Gasteiger charge is 2.51. The molecule has 4 atom stereocenters. The minimum Gasteiger partial charge on any atom is -0.446 e. The van der Waals surface area contributed by atoms with Gasteiger partial charge in [0.2, 0.25) is 0 Å². The summed E-state index contributed by atoms with van der Waals surface area (Å²) in [5, 5.41) is 2.78. The predicted molar refractivity (Wildman–Crippen MR) is 42.6 cm³/mol. The molecule has 0 unspecified atom stereocenters. The molecule has 3 heteroatoms. The van der Waals surface area contributed by atoms with Crippen molar-refractivity contribution in [1.82, 2.24) is 5.32 Å². The van der Waals surface area contributed by atoms with Crippen molar-refractivity contribution in [2.45, 2.75) is 25.4 Å². The molecule has 2 aliphatic carbocycles. The van der Waals surface area contributed by atoms with Crippen LogP contribution in [0.3, 0.4) is 0 Å². The maximum absolute atomic E-state index is 10.9. The topological polar surface area (TPSA) is 38.3 Å². The van der Waals surface area contributed by atoms with Gasteiger partial charge in [-0.25, -0.2) is 4.79 Å². The molecular weight excluding hydrogens is 154 g/mol. The van der Waals surface area contributed by atoms with Gasteiger partial charge in [-0.3, -0.25) is 0 Å². The van der Waals surface area contributed by atoms with Gasteiger partial charge >= 0.3 is 6.09 Å². The summed E-state index contributed by atoms with van der Waals surface area (Å²) in [4.78, 5) is 10.9. The second-order valence-electron chi connectivity index (χ2n) is 4.25. The van der Waals surface area contributed by atoms with Gasteiger partial charge < -0.3 is 10.1 Å². The maximum Gasteiger partial charge on any atom is 0.407 e. The summed E-state index contributed by atoms with van der Waals surface area (Å²) in [5.74, 6) is 2.15. The van der Waals surface area contributed by atoms with Crippen LogP contribution in [0.25, 0.3) is 0 Å². The first kappa shape index (κ1) is 6.75. The molecule has 1 aliphatic heterocycles. The third kappa shape index (κ3) is 0.740. The average Bonchev–Trinajstić information content (AvgIpc) is 2.63. The molecule has 0 radical (unpaired) electrons. The van der Waals surface area contributed by atoms with E-state index in [-0.39, 0.29) is 12.2 Å². The first-order chi connectivity index (χ1) is 5.84. The fraction of sp³-hybridized carbons (Fsp3) is 0.889. The van der Waals surface area contributed by atoms with Crippen LogP contribution in [0.15, 0.2) is 0 Å². The van der Waals surface area contributed by atoms with Gasteiger partial charge in [-0.1, -0.05) is 0 Å². The largest absolute Gasteiger partial charge is 0.446 e. The molecule has 2 bridgehead atoms. The van der Waals surface area contributed by atoms with Crippen LogP contribution in [-0.2, 0) is 4.74 Å². The molecule has 3 rings (SSSR count). The number of alkyl carbamates (subject to hydrolysis) is 1. The van der Waals surface area contributed by atoms with Gasteiger partial charge in [0, 0.05) is 12.5 Å². The van der Waals surface area contributed by atoms with Gasteiger partial charge in [-0.2, -0.15) is 0 Å². The highest BCUT2D eigenvalue weighted by Crippen LogP contribution is 2.50. The Kier molecular flexibility index (Phi) is 1.21. The molecule has 0 aromatic carbocycles. The highest BCUT2D eigenvalue weighted by molar-refractivity contribution is 5.68. The molecule has 66 valence electrons. The first-order valence-corrected chi connectivity index (χ1v) is 4.79. The molecule has 0 aromatic heterocycles. The van der Waals surface area contributed by atoms with E-state index in [0.29, 0.717) is 11.8 Å². The predicted octanol–water partition coefficient (Wildman–Crippen LogP) is 1.14. The summed E-state index contributed by atoms with van der Waals surface area (Å²) in [6, 6.07) is 0. The second kappa shape index (κ2) is 2.15. The maximum atomic E-state index is 10.9. The smallest absolute Gasteiger partial charge is 0.407 e. The van der Waals surface area contributed by atoms with Crippen molar-refractivity contribution in [2.75, 3.05) is 6.54 Å². The van der Waals surface area contributed by atoms with Gasteiger partial charge in [0.05, 0.1) is 0 Å².